The van der Waals surface area contributed by atoms with Crippen molar-refractivity contribution in [3.8, 4) is 23.0 Å². The Balaban J connectivity index is 1.32. The molecule has 0 aliphatic carbocycles. The number of nitrogens with zero attached hydrogens (tertiary/aromatic N) is 2. The normalized spacial score (nSPS) is 10.4. The summed E-state index contributed by atoms with van der Waals surface area (Å²) in [7, 11) is 0. The molecule has 0 saturated heterocycles. The quantitative estimate of drug-likeness (QED) is 0.130. The van der Waals surface area contributed by atoms with Gasteiger partial charge in [-0.1, -0.05) is 29.8 Å². The number of non-ortho nitro benzene ring substituents is 1. The third kappa shape index (κ3) is 6.38. The van der Waals surface area contributed by atoms with Gasteiger partial charge in [0.2, 0.25) is 5.75 Å². The molecule has 4 aromatic rings. The van der Waals surface area contributed by atoms with Gasteiger partial charge in [-0.2, -0.15) is 0 Å². The summed E-state index contributed by atoms with van der Waals surface area (Å²) >= 11 is 6.04. The Bertz CT molecular complexity index is 1440. The van der Waals surface area contributed by atoms with E-state index in [0.29, 0.717) is 11.5 Å². The van der Waals surface area contributed by atoms with Crippen LogP contribution in [0.25, 0.3) is 0 Å². The first kappa shape index (κ1) is 25.1. The van der Waals surface area contributed by atoms with Gasteiger partial charge in [-0.25, -0.2) is 4.79 Å². The van der Waals surface area contributed by atoms with Gasteiger partial charge in [0.15, 0.2) is 0 Å². The van der Waals surface area contributed by atoms with Crippen molar-refractivity contribution in [3.63, 3.8) is 0 Å². The first-order chi connectivity index (χ1) is 17.8. The molecule has 186 valence electrons. The van der Waals surface area contributed by atoms with Crippen LogP contribution in [0.4, 0.5) is 11.4 Å². The van der Waals surface area contributed by atoms with E-state index in [1.807, 2.05) is 0 Å². The van der Waals surface area contributed by atoms with Crippen LogP contribution in [0.1, 0.15) is 15.9 Å². The second-order valence-electron chi connectivity index (χ2n) is 7.54. The molecule has 0 amide bonds. The Hall–Kier alpha value is -4.96. The fourth-order valence-corrected chi connectivity index (χ4v) is 3.39. The fraction of sp³-hybridized carbons (Fsp3) is 0.0385. The summed E-state index contributed by atoms with van der Waals surface area (Å²) in [5, 5.41) is 22.0. The maximum atomic E-state index is 12.4. The van der Waals surface area contributed by atoms with Gasteiger partial charge in [0.05, 0.1) is 20.4 Å². The molecular weight excluding hydrogens is 504 g/mol. The minimum absolute atomic E-state index is 0.0146. The molecule has 4 aromatic carbocycles. The lowest BCUT2D eigenvalue weighted by molar-refractivity contribution is -0.385. The highest BCUT2D eigenvalue weighted by Crippen LogP contribution is 2.37. The van der Waals surface area contributed by atoms with Gasteiger partial charge in [-0.3, -0.25) is 20.2 Å². The standard InChI is InChI=1S/C26H17ClN2O8/c27-23-2-1-3-24(29(33)34)25(23)37-22-12-6-18(7-13-22)26(30)35-16-17-4-10-20(11-5-17)36-21-14-8-19(9-15-21)28(31)32/h1-15H,16H2. The van der Waals surface area contributed by atoms with Gasteiger partial charge in [-0.05, 0) is 60.2 Å². The minimum Gasteiger partial charge on any atom is -0.457 e. The van der Waals surface area contributed by atoms with Crippen LogP contribution in [0, 0.1) is 20.2 Å². The molecule has 0 atom stereocenters. The Morgan fingerprint density at radius 1 is 0.730 bits per heavy atom. The van der Waals surface area contributed by atoms with Gasteiger partial charge in [-0.15, -0.1) is 0 Å². The molecule has 0 N–H and O–H groups in total. The third-order valence-corrected chi connectivity index (χ3v) is 5.33. The second kappa shape index (κ2) is 11.2. The maximum absolute atomic E-state index is 12.4. The van der Waals surface area contributed by atoms with Gasteiger partial charge >= 0.3 is 11.7 Å². The highest BCUT2D eigenvalue weighted by atomic mass is 35.5. The van der Waals surface area contributed by atoms with Crippen LogP contribution in [-0.4, -0.2) is 15.8 Å². The number of ether oxygens (including phenoxy) is 3. The summed E-state index contributed by atoms with van der Waals surface area (Å²) < 4.78 is 16.6. The molecule has 0 aromatic heterocycles. The number of esters is 1. The molecule has 11 heteroatoms. The zero-order valence-electron chi connectivity index (χ0n) is 18.9. The topological polar surface area (TPSA) is 131 Å². The monoisotopic (exact) mass is 520 g/mol. The highest BCUT2D eigenvalue weighted by Gasteiger charge is 2.19. The molecule has 10 nitrogen and oxygen atoms in total. The van der Waals surface area contributed by atoms with Crippen molar-refractivity contribution in [2.24, 2.45) is 0 Å². The molecular formula is C26H17ClN2O8. The number of nitro groups is 2. The Kier molecular flexibility index (Phi) is 7.60. The predicted molar refractivity (Wildman–Crippen MR) is 133 cm³/mol. The number of hydrogen-bond acceptors (Lipinski definition) is 8. The molecule has 0 spiro atoms. The van der Waals surface area contributed by atoms with Crippen LogP contribution in [-0.2, 0) is 11.3 Å². The molecule has 0 saturated carbocycles. The van der Waals surface area contributed by atoms with E-state index in [-0.39, 0.29) is 40.1 Å². The molecule has 0 aliphatic rings. The molecule has 0 fully saturated rings. The molecule has 0 unspecified atom stereocenters. The number of carbonyl (C=O) groups is 1. The van der Waals surface area contributed by atoms with Crippen molar-refractivity contribution >= 4 is 28.9 Å². The zero-order chi connectivity index (χ0) is 26.4. The van der Waals surface area contributed by atoms with Crippen LogP contribution in [0.2, 0.25) is 5.02 Å². The summed E-state index contributed by atoms with van der Waals surface area (Å²) in [6.07, 6.45) is 0. The summed E-state index contributed by atoms with van der Waals surface area (Å²) in [5.41, 5.74) is 0.672. The lowest BCUT2D eigenvalue weighted by Gasteiger charge is -2.09. The Morgan fingerprint density at radius 3 is 1.89 bits per heavy atom. The molecule has 0 heterocycles. The Labute approximate surface area is 214 Å². The third-order valence-electron chi connectivity index (χ3n) is 5.03. The Morgan fingerprint density at radius 2 is 1.30 bits per heavy atom. The van der Waals surface area contributed by atoms with Gasteiger partial charge in [0, 0.05) is 18.2 Å². The largest absolute Gasteiger partial charge is 0.457 e. The van der Waals surface area contributed by atoms with E-state index in [2.05, 4.69) is 0 Å². The molecule has 0 bridgehead atoms. The van der Waals surface area contributed by atoms with E-state index >= 15 is 0 Å². The molecule has 0 radical (unpaired) electrons. The number of hydrogen-bond donors (Lipinski definition) is 0. The summed E-state index contributed by atoms with van der Waals surface area (Å²) in [4.78, 5) is 33.3. The molecule has 0 aliphatic heterocycles. The number of carbonyl (C=O) groups excluding carboxylic acids is 1. The van der Waals surface area contributed by atoms with Crippen LogP contribution in [0.3, 0.4) is 0 Å². The van der Waals surface area contributed by atoms with E-state index in [1.165, 1.54) is 66.7 Å². The van der Waals surface area contributed by atoms with Gasteiger partial charge in [0.25, 0.3) is 5.69 Å². The number of para-hydroxylation sites is 1. The molecule has 4 rings (SSSR count). The molecule has 37 heavy (non-hydrogen) atoms. The van der Waals surface area contributed by atoms with Crippen LogP contribution < -0.4 is 9.47 Å². The van der Waals surface area contributed by atoms with E-state index < -0.39 is 15.8 Å². The average Bonchev–Trinajstić information content (AvgIpc) is 2.90. The number of halogens is 1. The van der Waals surface area contributed by atoms with Gasteiger partial charge in [0.1, 0.15) is 23.9 Å². The predicted octanol–water partition coefficient (Wildman–Crippen LogP) is 7.10. The number of rotatable bonds is 9. The minimum atomic E-state index is -0.596. The fourth-order valence-electron chi connectivity index (χ4n) is 3.18. The lowest BCUT2D eigenvalue weighted by Crippen LogP contribution is -2.05. The first-order valence-corrected chi connectivity index (χ1v) is 11.1. The van der Waals surface area contributed by atoms with Crippen molar-refractivity contribution in [2.75, 3.05) is 0 Å². The van der Waals surface area contributed by atoms with Crippen molar-refractivity contribution in [1.82, 2.24) is 0 Å². The summed E-state index contributed by atoms with van der Waals surface area (Å²) in [6.45, 7) is 0.0146. The smallest absolute Gasteiger partial charge is 0.338 e. The van der Waals surface area contributed by atoms with Crippen LogP contribution in [0.5, 0.6) is 23.0 Å². The summed E-state index contributed by atoms with van der Waals surface area (Å²) in [6, 6.07) is 22.6. The first-order valence-electron chi connectivity index (χ1n) is 10.7. The van der Waals surface area contributed by atoms with E-state index in [9.17, 15) is 25.0 Å². The second-order valence-corrected chi connectivity index (χ2v) is 7.95. The maximum Gasteiger partial charge on any atom is 0.338 e. The zero-order valence-corrected chi connectivity index (χ0v) is 19.7. The van der Waals surface area contributed by atoms with Crippen LogP contribution >= 0.6 is 11.6 Å². The van der Waals surface area contributed by atoms with E-state index in [1.54, 1.807) is 24.3 Å². The van der Waals surface area contributed by atoms with Crippen molar-refractivity contribution < 1.29 is 28.9 Å². The SMILES string of the molecule is O=C(OCc1ccc(Oc2ccc([N+](=O)[O-])cc2)cc1)c1ccc(Oc2c(Cl)cccc2[N+](=O)[O-])cc1. The van der Waals surface area contributed by atoms with Gasteiger partial charge < -0.3 is 14.2 Å². The summed E-state index contributed by atoms with van der Waals surface area (Å²) in [5.74, 6) is 0.558. The number of nitro benzene ring substituents is 2. The highest BCUT2D eigenvalue weighted by molar-refractivity contribution is 6.32. The van der Waals surface area contributed by atoms with Crippen LogP contribution in [0.15, 0.2) is 91.0 Å². The van der Waals surface area contributed by atoms with Crippen molar-refractivity contribution in [2.45, 2.75) is 6.61 Å². The van der Waals surface area contributed by atoms with Crippen molar-refractivity contribution in [3.05, 3.63) is 127 Å². The van der Waals surface area contributed by atoms with E-state index in [4.69, 9.17) is 25.8 Å². The lowest BCUT2D eigenvalue weighted by atomic mass is 10.2. The van der Waals surface area contributed by atoms with E-state index in [0.717, 1.165) is 5.56 Å². The number of benzene rings is 4. The average molecular weight is 521 g/mol. The van der Waals surface area contributed by atoms with Crippen molar-refractivity contribution in [1.29, 1.82) is 0 Å².